The van der Waals surface area contributed by atoms with Crippen molar-refractivity contribution >= 4 is 16.9 Å². The first kappa shape index (κ1) is 17.5. The number of imidazole rings is 1. The summed E-state index contributed by atoms with van der Waals surface area (Å²) in [5.41, 5.74) is 3.37. The average Bonchev–Trinajstić information content (AvgIpc) is 3.38. The summed E-state index contributed by atoms with van der Waals surface area (Å²) in [5, 5.41) is 4.12. The molecule has 1 fully saturated rings. The van der Waals surface area contributed by atoms with Gasteiger partial charge in [0.25, 0.3) is 0 Å². The lowest BCUT2D eigenvalue weighted by molar-refractivity contribution is -0.134. The summed E-state index contributed by atoms with van der Waals surface area (Å²) in [4.78, 5) is 25.9. The highest BCUT2D eigenvalue weighted by Crippen LogP contribution is 2.29. The van der Waals surface area contributed by atoms with Crippen molar-refractivity contribution in [1.29, 1.82) is 0 Å². The fourth-order valence-electron chi connectivity index (χ4n) is 3.72. The van der Waals surface area contributed by atoms with E-state index in [1.165, 1.54) is 12.1 Å². The van der Waals surface area contributed by atoms with Gasteiger partial charge in [-0.1, -0.05) is 17.3 Å². The predicted octanol–water partition coefficient (Wildman–Crippen LogP) is 3.66. The summed E-state index contributed by atoms with van der Waals surface area (Å²) in [6.45, 7) is 0.834. The fourth-order valence-corrected chi connectivity index (χ4v) is 3.72. The van der Waals surface area contributed by atoms with Gasteiger partial charge in [0.05, 0.1) is 23.3 Å². The monoisotopic (exact) mass is 391 g/mol. The van der Waals surface area contributed by atoms with Crippen molar-refractivity contribution in [1.82, 2.24) is 25.0 Å². The standard InChI is InChI=1S/C21H18FN5O2/c22-16-3-1-2-13(8-16)10-27-11-15(5-7-19(27)28)21-25-20(26-29-21)14-4-6-17-18(9-14)24-12-23-17/h1-4,6,8-9,12,15H,5,7,10-11H2,(H,23,24). The minimum Gasteiger partial charge on any atom is -0.345 e. The molecule has 0 radical (unpaired) electrons. The second-order valence-corrected chi connectivity index (χ2v) is 7.23. The summed E-state index contributed by atoms with van der Waals surface area (Å²) in [5.74, 6) is 0.721. The van der Waals surface area contributed by atoms with E-state index in [0.29, 0.717) is 37.6 Å². The number of benzene rings is 2. The van der Waals surface area contributed by atoms with Crippen LogP contribution in [-0.4, -0.2) is 37.5 Å². The van der Waals surface area contributed by atoms with Crippen molar-refractivity contribution in [2.75, 3.05) is 6.54 Å². The second-order valence-electron chi connectivity index (χ2n) is 7.23. The number of nitrogens with one attached hydrogen (secondary N) is 1. The van der Waals surface area contributed by atoms with Crippen molar-refractivity contribution in [3.8, 4) is 11.4 Å². The van der Waals surface area contributed by atoms with E-state index in [-0.39, 0.29) is 17.6 Å². The van der Waals surface area contributed by atoms with Crippen molar-refractivity contribution in [3.63, 3.8) is 0 Å². The molecule has 8 heteroatoms. The highest BCUT2D eigenvalue weighted by atomic mass is 19.1. The molecule has 146 valence electrons. The number of rotatable bonds is 4. The van der Waals surface area contributed by atoms with Crippen LogP contribution in [-0.2, 0) is 11.3 Å². The molecule has 5 rings (SSSR count). The molecule has 3 heterocycles. The Balaban J connectivity index is 1.35. The predicted molar refractivity (Wildman–Crippen MR) is 103 cm³/mol. The van der Waals surface area contributed by atoms with Crippen molar-refractivity contribution in [2.24, 2.45) is 0 Å². The van der Waals surface area contributed by atoms with Gasteiger partial charge in [-0.25, -0.2) is 9.37 Å². The highest BCUT2D eigenvalue weighted by molar-refractivity contribution is 5.80. The molecule has 1 atom stereocenters. The summed E-state index contributed by atoms with van der Waals surface area (Å²) in [7, 11) is 0. The van der Waals surface area contributed by atoms with Crippen LogP contribution in [0.2, 0.25) is 0 Å². The van der Waals surface area contributed by atoms with Crippen molar-refractivity contribution in [2.45, 2.75) is 25.3 Å². The summed E-state index contributed by atoms with van der Waals surface area (Å²) >= 11 is 0. The van der Waals surface area contributed by atoms with Gasteiger partial charge in [0.2, 0.25) is 17.6 Å². The van der Waals surface area contributed by atoms with Crippen LogP contribution >= 0.6 is 0 Å². The topological polar surface area (TPSA) is 87.9 Å². The molecule has 1 saturated heterocycles. The van der Waals surface area contributed by atoms with Gasteiger partial charge < -0.3 is 14.4 Å². The highest BCUT2D eigenvalue weighted by Gasteiger charge is 2.30. The third-order valence-corrected chi connectivity index (χ3v) is 5.23. The van der Waals surface area contributed by atoms with Crippen molar-refractivity contribution < 1.29 is 13.7 Å². The number of H-pyrrole nitrogens is 1. The molecule has 1 unspecified atom stereocenters. The molecule has 0 spiro atoms. The lowest BCUT2D eigenvalue weighted by atomic mass is 9.97. The Morgan fingerprint density at radius 1 is 1.24 bits per heavy atom. The number of fused-ring (bicyclic) bond motifs is 1. The number of nitrogens with zero attached hydrogens (tertiary/aromatic N) is 4. The van der Waals surface area contributed by atoms with Crippen LogP contribution in [0, 0.1) is 5.82 Å². The van der Waals surface area contributed by atoms with E-state index in [2.05, 4.69) is 20.1 Å². The van der Waals surface area contributed by atoms with Crippen LogP contribution in [0.3, 0.4) is 0 Å². The molecule has 1 amide bonds. The molecule has 29 heavy (non-hydrogen) atoms. The quantitative estimate of drug-likeness (QED) is 0.574. The number of carbonyl (C=O) groups is 1. The van der Waals surface area contributed by atoms with Gasteiger partial charge in [0.15, 0.2) is 0 Å². The third-order valence-electron chi connectivity index (χ3n) is 5.23. The van der Waals surface area contributed by atoms with Crippen molar-refractivity contribution in [3.05, 3.63) is 66.1 Å². The van der Waals surface area contributed by atoms with E-state index < -0.39 is 0 Å². The maximum atomic E-state index is 13.5. The zero-order chi connectivity index (χ0) is 19.8. The molecule has 4 aromatic rings. The number of aromatic amines is 1. The molecule has 2 aromatic heterocycles. The minimum atomic E-state index is -0.306. The molecule has 0 bridgehead atoms. The number of hydrogen-bond donors (Lipinski definition) is 1. The van der Waals surface area contributed by atoms with Crippen LogP contribution < -0.4 is 0 Å². The first-order chi connectivity index (χ1) is 14.2. The zero-order valence-electron chi connectivity index (χ0n) is 15.5. The van der Waals surface area contributed by atoms with Gasteiger partial charge in [-0.05, 0) is 42.3 Å². The van der Waals surface area contributed by atoms with E-state index >= 15 is 0 Å². The second kappa shape index (κ2) is 7.12. The first-order valence-electron chi connectivity index (χ1n) is 9.45. The average molecular weight is 391 g/mol. The molecule has 1 aliphatic rings. The number of likely N-dealkylation sites (tertiary alicyclic amines) is 1. The molecular weight excluding hydrogens is 373 g/mol. The SMILES string of the molecule is O=C1CCC(c2nc(-c3ccc4nc[nH]c4c3)no2)CN1Cc1cccc(F)c1. The molecule has 0 saturated carbocycles. The van der Waals surface area contributed by atoms with E-state index in [4.69, 9.17) is 4.52 Å². The smallest absolute Gasteiger partial charge is 0.231 e. The molecule has 1 aliphatic heterocycles. The Morgan fingerprint density at radius 3 is 3.07 bits per heavy atom. The number of aromatic nitrogens is 4. The summed E-state index contributed by atoms with van der Waals surface area (Å²) in [6, 6.07) is 12.0. The van der Waals surface area contributed by atoms with Crippen LogP contribution in [0.5, 0.6) is 0 Å². The van der Waals surface area contributed by atoms with Gasteiger partial charge in [0, 0.05) is 25.1 Å². The maximum absolute atomic E-state index is 13.5. The van der Waals surface area contributed by atoms with E-state index in [1.807, 2.05) is 24.3 Å². The van der Waals surface area contributed by atoms with Crippen LogP contribution in [0.1, 0.15) is 30.2 Å². The largest absolute Gasteiger partial charge is 0.345 e. The number of amides is 1. The lowest BCUT2D eigenvalue weighted by Gasteiger charge is -2.31. The van der Waals surface area contributed by atoms with E-state index in [1.54, 1.807) is 17.3 Å². The summed E-state index contributed by atoms with van der Waals surface area (Å²) in [6.07, 6.45) is 2.69. The normalized spacial score (nSPS) is 17.2. The Hall–Kier alpha value is -3.55. The van der Waals surface area contributed by atoms with E-state index in [0.717, 1.165) is 22.2 Å². The maximum Gasteiger partial charge on any atom is 0.231 e. The lowest BCUT2D eigenvalue weighted by Crippen LogP contribution is -2.38. The number of hydrogen-bond acceptors (Lipinski definition) is 5. The van der Waals surface area contributed by atoms with Crippen LogP contribution in [0.25, 0.3) is 22.4 Å². The third kappa shape index (κ3) is 3.49. The van der Waals surface area contributed by atoms with Gasteiger partial charge in [-0.15, -0.1) is 0 Å². The van der Waals surface area contributed by atoms with E-state index in [9.17, 15) is 9.18 Å². The molecule has 1 N–H and O–H groups in total. The minimum absolute atomic E-state index is 0.0432. The van der Waals surface area contributed by atoms with Gasteiger partial charge in [-0.3, -0.25) is 4.79 Å². The Morgan fingerprint density at radius 2 is 2.17 bits per heavy atom. The summed E-state index contributed by atoms with van der Waals surface area (Å²) < 4.78 is 19.0. The first-order valence-corrected chi connectivity index (χ1v) is 9.45. The molecule has 0 aliphatic carbocycles. The molecule has 7 nitrogen and oxygen atoms in total. The van der Waals surface area contributed by atoms with Gasteiger partial charge in [-0.2, -0.15) is 4.98 Å². The Bertz CT molecular complexity index is 1180. The molecule has 2 aromatic carbocycles. The number of piperidine rings is 1. The van der Waals surface area contributed by atoms with Gasteiger partial charge in [0.1, 0.15) is 5.82 Å². The zero-order valence-corrected chi connectivity index (χ0v) is 15.5. The van der Waals surface area contributed by atoms with Crippen LogP contribution in [0.15, 0.2) is 53.3 Å². The van der Waals surface area contributed by atoms with Crippen LogP contribution in [0.4, 0.5) is 4.39 Å². The molecular formula is C21H18FN5O2. The fraction of sp³-hybridized carbons (Fsp3) is 0.238. The Labute approximate surface area is 165 Å². The number of halogens is 1. The Kier molecular flexibility index (Phi) is 4.31. The number of carbonyl (C=O) groups excluding carboxylic acids is 1. The van der Waals surface area contributed by atoms with Gasteiger partial charge >= 0.3 is 0 Å².